The molecule has 7 aromatic heterocycles. The van der Waals surface area contributed by atoms with Gasteiger partial charge in [0.15, 0.2) is 18.3 Å². The number of nitrogens with zero attached hydrogens (tertiary/aromatic N) is 10. The van der Waals surface area contributed by atoms with E-state index in [1.807, 2.05) is 0 Å². The monoisotopic (exact) mass is 1950 g/mol. The summed E-state index contributed by atoms with van der Waals surface area (Å²) < 4.78 is 127. The number of aryl methyl sites for hydroxylation is 5. The SMILES string of the molecule is CC[C@H]1O[C@@H](n2cc(C)c(=O)[nH]c2=O)CC1OP([O-])(=S)OC[C@H]1O[C@@H](n2cc(C)c(=O)[nH]c2=O)CC1OP(=O)([S-])OC[C@H]1O[C@@H](n2cc(C)c(=O)[nH]c2=O)CC1OP([O-])(=S)OC[C@H]1O[C@@H](n2cnc3c(N)ncnc32)CC1OP([O-])(=S)OC[C@H]1O[C@@H](n2cc(C)c(=O)[nH]c2=O)CC1OP([O-])(=S)OC[C@H]1O[C@@H](n2cc(C)c(N)nc2=O)CC1OP([O-])(=S)OC. The molecule has 6 aliphatic heterocycles. The molecule has 0 aliphatic carbocycles. The Kier molecular flexibility index (Phi) is 29.7. The number of hydrogen-bond acceptors (Lipinski definition) is 45. The molecule has 0 radical (unpaired) electrons. The van der Waals surface area contributed by atoms with Gasteiger partial charge in [-0.2, -0.15) is 4.98 Å². The molecule has 61 heteroatoms. The molecule has 6 aliphatic rings. The molecule has 49 nitrogen and oxygen atoms in total. The third-order valence-corrected chi connectivity index (χ3v) is 29.8. The summed E-state index contributed by atoms with van der Waals surface area (Å²) in [5.74, 6) is -0.100. The number of aromatic nitrogens is 14. The predicted molar refractivity (Wildman–Crippen MR) is 435 cm³/mol. The zero-order valence-corrected chi connectivity index (χ0v) is 75.4. The highest BCUT2D eigenvalue weighted by atomic mass is 32.7. The molecule has 13 rings (SSSR count). The number of fused-ring (bicyclic) bond motifs is 1. The van der Waals surface area contributed by atoms with Crippen molar-refractivity contribution in [3.63, 3.8) is 0 Å². The van der Waals surface area contributed by atoms with E-state index in [1.165, 1.54) is 57.2 Å². The van der Waals surface area contributed by atoms with Crippen LogP contribution in [-0.2, 0) is 159 Å². The van der Waals surface area contributed by atoms with Gasteiger partial charge in [-0.15, -0.1) is 0 Å². The number of rotatable bonds is 35. The Hall–Kier alpha value is -5.34. The number of nitrogens with one attached hydrogen (secondary N) is 4. The van der Waals surface area contributed by atoms with Gasteiger partial charge in [0.25, 0.3) is 22.2 Å². The van der Waals surface area contributed by atoms with Gasteiger partial charge >= 0.3 is 28.4 Å². The largest absolute Gasteiger partial charge is 0.780 e. The van der Waals surface area contributed by atoms with E-state index in [1.54, 1.807) is 13.8 Å². The van der Waals surface area contributed by atoms with Crippen LogP contribution < -0.4 is 86.6 Å². The average Bonchev–Trinajstić information content (AvgIpc) is 1.65. The molecule has 0 saturated carbocycles. The summed E-state index contributed by atoms with van der Waals surface area (Å²) in [6.07, 6.45) is -17.2. The van der Waals surface area contributed by atoms with Crippen LogP contribution in [-0.4, -0.2) is 181 Å². The highest BCUT2D eigenvalue weighted by Crippen LogP contribution is 2.56. The van der Waals surface area contributed by atoms with E-state index in [0.717, 1.165) is 48.7 Å². The second-order valence-electron chi connectivity index (χ2n) is 28.8. The number of imidazole rings is 1. The van der Waals surface area contributed by atoms with E-state index < -0.39 is 254 Å². The standard InChI is InChI=1S/C62H84N16O33P6S6/c1-8-32-33(9-44(100-32)74-16-28(3)54(79)69-59(74)84)107-113(89,119)95-21-40-35(11-46(102-40)75-17-29(4)55(80)70-60(75)85)109-115(91,121)97-22-41-37(13-48(103-41)77-19-31(6)57(82)72-62(77)87)110-116(92,122)99-24-43-38(14-49(105-43)78-26-67-50-52(64)65-25-66-53(50)78)111-117(93,123)98-23-42-36(12-47(104-42)76-18-30(5)56(81)71-61(76)86)108-114(90,120)96-20-39-34(106-112(88,118)94-7)10-45(101-39)73-15-27(2)51(63)68-58(73)83/h15-19,25-26,32-49H,8-14,20-24H2,1-7H3,(H,88,118)(H,89,119)(H,90,120)(H,91,121)(H,92,122)(H,93,123)(H2,63,68,83)(H2,64,65,66)(H,69,79,84)(H,70,80,85)(H,71,81,86)(H,72,82,87)/p-6/t32-,33?,34?,35?,36?,37?,38?,39-,40-,41-,42-,43-,44-,45-,46-,47-,48-,49-,112?,113?,114?,115?,116?,117?/m1/s1. The predicted octanol–water partition coefficient (Wildman–Crippen LogP) is -2.25. The van der Waals surface area contributed by atoms with Crippen molar-refractivity contribution in [1.82, 2.24) is 67.3 Å². The molecule has 6 fully saturated rings. The van der Waals surface area contributed by atoms with Crippen LogP contribution in [0.4, 0.5) is 11.6 Å². The minimum absolute atomic E-state index is 0.0262. The van der Waals surface area contributed by atoms with Gasteiger partial charge in [-0.05, 0) is 41.0 Å². The van der Waals surface area contributed by atoms with E-state index >= 15 is 0 Å². The first-order valence-corrected chi connectivity index (χ1v) is 52.3. The molecule has 0 spiro atoms. The van der Waals surface area contributed by atoms with E-state index in [4.69, 9.17) is 165 Å². The molecule has 676 valence electrons. The van der Waals surface area contributed by atoms with Crippen molar-refractivity contribution < 1.29 is 112 Å². The first kappa shape index (κ1) is 95.2. The van der Waals surface area contributed by atoms with Crippen LogP contribution in [0.2, 0.25) is 0 Å². The fourth-order valence-corrected chi connectivity index (χ4v) is 22.3. The van der Waals surface area contributed by atoms with Gasteiger partial charge in [-0.1, -0.05) is 66.0 Å². The second-order valence-corrected chi connectivity index (χ2v) is 45.1. The number of aromatic amines is 4. The number of nitrogen functional groups attached to an aromatic ring is 2. The van der Waals surface area contributed by atoms with Crippen LogP contribution in [0.1, 0.15) is 117 Å². The van der Waals surface area contributed by atoms with Crippen molar-refractivity contribution >= 4 is 134 Å². The summed E-state index contributed by atoms with van der Waals surface area (Å²) in [6.45, 7) is -23.7. The maximum absolute atomic E-state index is 14.8. The van der Waals surface area contributed by atoms with Gasteiger partial charge in [-0.25, -0.2) is 38.9 Å². The van der Waals surface area contributed by atoms with E-state index in [2.05, 4.69) is 39.9 Å². The number of anilines is 2. The lowest BCUT2D eigenvalue weighted by Crippen LogP contribution is -2.34. The third-order valence-electron chi connectivity index (χ3n) is 20.3. The van der Waals surface area contributed by atoms with Gasteiger partial charge in [0.05, 0.1) is 82.1 Å². The lowest BCUT2D eigenvalue weighted by atomic mass is 10.1. The summed E-state index contributed by atoms with van der Waals surface area (Å²) in [5, 5.41) is 0. The molecule has 13 heterocycles. The first-order chi connectivity index (χ1) is 57.7. The van der Waals surface area contributed by atoms with Crippen LogP contribution in [0.25, 0.3) is 11.2 Å². The van der Waals surface area contributed by atoms with Gasteiger partial charge in [0, 0.05) is 104 Å². The van der Waals surface area contributed by atoms with Crippen LogP contribution in [0.5, 0.6) is 0 Å². The van der Waals surface area contributed by atoms with Crippen molar-refractivity contribution in [3.05, 3.63) is 165 Å². The lowest BCUT2D eigenvalue weighted by Gasteiger charge is -2.36. The molecule has 12 unspecified atom stereocenters. The van der Waals surface area contributed by atoms with Crippen molar-refractivity contribution in [2.45, 2.75) is 197 Å². The minimum atomic E-state index is -4.99. The Morgan fingerprint density at radius 2 is 0.715 bits per heavy atom. The number of nitrogens with two attached hydrogens (primary N) is 2. The Morgan fingerprint density at radius 1 is 0.423 bits per heavy atom. The van der Waals surface area contributed by atoms with Gasteiger partial charge < -0.3 is 131 Å². The molecular weight excluding hydrogens is 1880 g/mol. The molecule has 123 heavy (non-hydrogen) atoms. The molecule has 6 saturated heterocycles. The van der Waals surface area contributed by atoms with Gasteiger partial charge in [-0.3, -0.25) is 71.1 Å². The molecule has 0 aromatic carbocycles. The zero-order chi connectivity index (χ0) is 89.1. The summed E-state index contributed by atoms with van der Waals surface area (Å²) in [5.41, 5.74) is 5.57. The van der Waals surface area contributed by atoms with E-state index in [9.17, 15) is 72.2 Å². The summed E-state index contributed by atoms with van der Waals surface area (Å²) in [6, 6.07) is 0. The van der Waals surface area contributed by atoms with Gasteiger partial charge in [0.1, 0.15) is 119 Å². The van der Waals surface area contributed by atoms with Crippen LogP contribution >= 0.6 is 40.4 Å². The minimum Gasteiger partial charge on any atom is -0.780 e. The number of ether oxygens (including phenoxy) is 6. The second kappa shape index (κ2) is 38.4. The average molecular weight is 1950 g/mol. The highest BCUT2D eigenvalue weighted by Gasteiger charge is 2.48. The van der Waals surface area contributed by atoms with Crippen molar-refractivity contribution in [3.8, 4) is 0 Å². The van der Waals surface area contributed by atoms with Gasteiger partial charge in [0.2, 0.25) is 0 Å². The maximum atomic E-state index is 14.8. The van der Waals surface area contributed by atoms with Crippen molar-refractivity contribution in [2.24, 2.45) is 0 Å². The third kappa shape index (κ3) is 22.9. The summed E-state index contributed by atoms with van der Waals surface area (Å²) in [7, 11) is 1.03. The Morgan fingerprint density at radius 3 is 1.06 bits per heavy atom. The zero-order valence-electron chi connectivity index (χ0n) is 65.2. The quantitative estimate of drug-likeness (QED) is 0.0180. The topological polar surface area (TPSA) is 648 Å². The first-order valence-electron chi connectivity index (χ1n) is 37.0. The fraction of sp³-hybridized carbons (Fsp3) is 0.597. The highest BCUT2D eigenvalue weighted by molar-refractivity contribution is 8.32. The number of H-pyrrole nitrogens is 4. The Bertz CT molecular complexity index is 6060. The van der Waals surface area contributed by atoms with E-state index in [-0.39, 0.29) is 70.7 Å². The fourth-order valence-electron chi connectivity index (χ4n) is 14.1. The number of hydrogen-bond donors (Lipinski definition) is 6. The normalized spacial score (nSPS) is 29.7. The van der Waals surface area contributed by atoms with Crippen LogP contribution in [0.15, 0.2) is 86.8 Å². The molecule has 0 bridgehead atoms. The van der Waals surface area contributed by atoms with Crippen molar-refractivity contribution in [1.29, 1.82) is 0 Å². The smallest absolute Gasteiger partial charge is 0.351 e. The van der Waals surface area contributed by atoms with E-state index in [0.29, 0.717) is 5.56 Å². The molecular formula is C62H78N16O33P6S6-6. The maximum Gasteiger partial charge on any atom is 0.351 e. The summed E-state index contributed by atoms with van der Waals surface area (Å²) >= 11 is 32.2. The van der Waals surface area contributed by atoms with Crippen molar-refractivity contribution in [2.75, 3.05) is 51.6 Å². The van der Waals surface area contributed by atoms with Crippen LogP contribution in [0.3, 0.4) is 0 Å². The lowest BCUT2D eigenvalue weighted by molar-refractivity contribution is -0.221. The molecule has 0 amide bonds. The Labute approximate surface area is 723 Å². The Balaban J connectivity index is 0.707. The van der Waals surface area contributed by atoms with Crippen LogP contribution in [0, 0.1) is 34.6 Å². The summed E-state index contributed by atoms with van der Waals surface area (Å²) in [4.78, 5) is 212. The molecule has 8 N–H and O–H groups in total. The molecule has 7 aromatic rings. The molecule has 24 atom stereocenters.